The standard InChI is InChI=1S/C15H34O4Si3/c1-20(2,3)17-14(16)11-10-13-12-15(13,18-21(4,5)6)19-22(7,8)9/h13H,10-12H2,1-9H3. The molecule has 4 nitrogen and oxygen atoms in total. The van der Waals surface area contributed by atoms with Gasteiger partial charge in [0, 0.05) is 18.8 Å². The van der Waals surface area contributed by atoms with E-state index in [1.165, 1.54) is 0 Å². The largest absolute Gasteiger partial charge is 0.520 e. The van der Waals surface area contributed by atoms with Crippen molar-refractivity contribution >= 4 is 30.9 Å². The van der Waals surface area contributed by atoms with Crippen LogP contribution in [0.15, 0.2) is 0 Å². The van der Waals surface area contributed by atoms with E-state index in [0.29, 0.717) is 12.3 Å². The monoisotopic (exact) mass is 362 g/mol. The zero-order chi connectivity index (χ0) is 17.4. The van der Waals surface area contributed by atoms with E-state index in [1.807, 2.05) is 19.6 Å². The van der Waals surface area contributed by atoms with Crippen LogP contribution in [-0.4, -0.2) is 36.7 Å². The molecule has 1 saturated carbocycles. The predicted molar refractivity (Wildman–Crippen MR) is 98.4 cm³/mol. The minimum Gasteiger partial charge on any atom is -0.520 e. The summed E-state index contributed by atoms with van der Waals surface area (Å²) in [5.41, 5.74) is 0. The average Bonchev–Trinajstić information content (AvgIpc) is 2.78. The van der Waals surface area contributed by atoms with Crippen molar-refractivity contribution in [3.63, 3.8) is 0 Å². The highest BCUT2D eigenvalue weighted by Crippen LogP contribution is 2.53. The van der Waals surface area contributed by atoms with Gasteiger partial charge in [-0.1, -0.05) is 0 Å². The molecule has 0 spiro atoms. The Morgan fingerprint density at radius 1 is 0.909 bits per heavy atom. The van der Waals surface area contributed by atoms with Crippen LogP contribution in [0.2, 0.25) is 58.9 Å². The van der Waals surface area contributed by atoms with Gasteiger partial charge < -0.3 is 13.3 Å². The summed E-state index contributed by atoms with van der Waals surface area (Å²) < 4.78 is 18.3. The maximum atomic E-state index is 11.9. The molecule has 1 fully saturated rings. The third kappa shape index (κ3) is 7.54. The third-order valence-corrected chi connectivity index (χ3v) is 5.82. The molecule has 0 amide bonds. The Morgan fingerprint density at radius 3 is 1.73 bits per heavy atom. The number of carbonyl (C=O) groups is 1. The van der Waals surface area contributed by atoms with Crippen LogP contribution in [0.25, 0.3) is 0 Å². The number of rotatable bonds is 8. The van der Waals surface area contributed by atoms with Gasteiger partial charge in [0.15, 0.2) is 22.4 Å². The molecular weight excluding hydrogens is 328 g/mol. The highest BCUT2D eigenvalue weighted by molar-refractivity contribution is 6.71. The fraction of sp³-hybridized carbons (Fsp3) is 0.933. The highest BCUT2D eigenvalue weighted by atomic mass is 28.4. The maximum Gasteiger partial charge on any atom is 0.292 e. The first-order chi connectivity index (χ1) is 9.62. The predicted octanol–water partition coefficient (Wildman–Crippen LogP) is 4.56. The van der Waals surface area contributed by atoms with Gasteiger partial charge in [0.25, 0.3) is 5.97 Å². The molecule has 22 heavy (non-hydrogen) atoms. The van der Waals surface area contributed by atoms with Crippen LogP contribution in [0, 0.1) is 5.92 Å². The Labute approximate surface area is 139 Å². The summed E-state index contributed by atoms with van der Waals surface area (Å²) in [7, 11) is -5.14. The molecule has 1 atom stereocenters. The second kappa shape index (κ2) is 6.51. The van der Waals surface area contributed by atoms with Crippen molar-refractivity contribution in [1.82, 2.24) is 0 Å². The van der Waals surface area contributed by atoms with Gasteiger partial charge in [-0.3, -0.25) is 4.79 Å². The summed E-state index contributed by atoms with van der Waals surface area (Å²) in [6, 6.07) is 0. The van der Waals surface area contributed by atoms with E-state index in [0.717, 1.165) is 12.8 Å². The Balaban J connectivity index is 2.59. The van der Waals surface area contributed by atoms with Gasteiger partial charge in [-0.2, -0.15) is 0 Å². The van der Waals surface area contributed by atoms with E-state index in [-0.39, 0.29) is 5.97 Å². The van der Waals surface area contributed by atoms with Crippen LogP contribution >= 0.6 is 0 Å². The van der Waals surface area contributed by atoms with Crippen LogP contribution in [0.4, 0.5) is 0 Å². The molecule has 0 aromatic heterocycles. The van der Waals surface area contributed by atoms with Crippen molar-refractivity contribution in [2.45, 2.75) is 84.0 Å². The highest BCUT2D eigenvalue weighted by Gasteiger charge is 2.59. The van der Waals surface area contributed by atoms with Crippen LogP contribution in [0.1, 0.15) is 19.3 Å². The zero-order valence-corrected chi connectivity index (χ0v) is 18.8. The van der Waals surface area contributed by atoms with Gasteiger partial charge in [-0.15, -0.1) is 0 Å². The van der Waals surface area contributed by atoms with Crippen molar-refractivity contribution in [3.8, 4) is 0 Å². The third-order valence-electron chi connectivity index (χ3n) is 3.07. The molecule has 0 radical (unpaired) electrons. The summed E-state index contributed by atoms with van der Waals surface area (Å²) in [4.78, 5) is 11.9. The van der Waals surface area contributed by atoms with Crippen molar-refractivity contribution < 1.29 is 18.1 Å². The molecular formula is C15H34O4Si3. The molecule has 0 heterocycles. The SMILES string of the molecule is C[Si](C)(C)OC(=O)CCC1CC1(O[Si](C)(C)C)O[Si](C)(C)C. The fourth-order valence-electron chi connectivity index (χ4n) is 2.60. The molecule has 0 N–H and O–H groups in total. The normalized spacial score (nSPS) is 21.6. The summed E-state index contributed by atoms with van der Waals surface area (Å²) in [6.07, 6.45) is 2.20. The Morgan fingerprint density at radius 2 is 1.36 bits per heavy atom. The molecule has 0 bridgehead atoms. The van der Waals surface area contributed by atoms with Gasteiger partial charge in [0.2, 0.25) is 8.32 Å². The lowest BCUT2D eigenvalue weighted by Gasteiger charge is -2.33. The molecule has 7 heteroatoms. The van der Waals surface area contributed by atoms with E-state index in [9.17, 15) is 4.79 Å². The van der Waals surface area contributed by atoms with Crippen LogP contribution < -0.4 is 0 Å². The zero-order valence-electron chi connectivity index (χ0n) is 15.8. The van der Waals surface area contributed by atoms with E-state index in [4.69, 9.17) is 13.3 Å². The lowest BCUT2D eigenvalue weighted by Crippen LogP contribution is -2.42. The molecule has 0 aromatic rings. The number of carbonyl (C=O) groups excluding carboxylic acids is 1. The van der Waals surface area contributed by atoms with E-state index in [1.54, 1.807) is 0 Å². The Hall–Kier alpha value is 0.0406. The lowest BCUT2D eigenvalue weighted by molar-refractivity contribution is -0.135. The first-order valence-corrected chi connectivity index (χ1v) is 18.5. The second-order valence-corrected chi connectivity index (χ2v) is 22.6. The summed E-state index contributed by atoms with van der Waals surface area (Å²) in [6.45, 7) is 19.3. The van der Waals surface area contributed by atoms with E-state index < -0.39 is 30.7 Å². The average molecular weight is 363 g/mol. The minimum absolute atomic E-state index is 0.0685. The van der Waals surface area contributed by atoms with Crippen LogP contribution in [0.5, 0.6) is 0 Å². The van der Waals surface area contributed by atoms with E-state index >= 15 is 0 Å². The van der Waals surface area contributed by atoms with Gasteiger partial charge in [-0.05, 0) is 65.3 Å². The van der Waals surface area contributed by atoms with Crippen LogP contribution in [-0.2, 0) is 18.1 Å². The fourth-order valence-corrected chi connectivity index (χ4v) is 6.12. The van der Waals surface area contributed by atoms with Crippen molar-refractivity contribution in [2.75, 3.05) is 0 Å². The Bertz CT molecular complexity index is 388. The summed E-state index contributed by atoms with van der Waals surface area (Å²) in [5.74, 6) is -0.157. The van der Waals surface area contributed by atoms with Crippen LogP contribution in [0.3, 0.4) is 0 Å². The minimum atomic E-state index is -1.78. The molecule has 0 aromatic carbocycles. The van der Waals surface area contributed by atoms with Gasteiger partial charge in [-0.25, -0.2) is 0 Å². The number of hydrogen-bond acceptors (Lipinski definition) is 4. The summed E-state index contributed by atoms with van der Waals surface area (Å²) in [5, 5.41) is 0. The van der Waals surface area contributed by atoms with Gasteiger partial charge in [0.1, 0.15) is 0 Å². The quantitative estimate of drug-likeness (QED) is 0.469. The van der Waals surface area contributed by atoms with E-state index in [2.05, 4.69) is 39.3 Å². The topological polar surface area (TPSA) is 44.8 Å². The maximum absolute atomic E-state index is 11.9. The van der Waals surface area contributed by atoms with Gasteiger partial charge in [0.05, 0.1) is 0 Å². The first-order valence-electron chi connectivity index (χ1n) is 8.24. The van der Waals surface area contributed by atoms with Gasteiger partial charge >= 0.3 is 0 Å². The second-order valence-electron chi connectivity index (χ2n) is 9.27. The molecule has 1 aliphatic carbocycles. The Kier molecular flexibility index (Phi) is 5.94. The van der Waals surface area contributed by atoms with Crippen molar-refractivity contribution in [3.05, 3.63) is 0 Å². The number of hydrogen-bond donors (Lipinski definition) is 0. The smallest absolute Gasteiger partial charge is 0.292 e. The molecule has 1 unspecified atom stereocenters. The molecule has 1 aliphatic rings. The molecule has 130 valence electrons. The van der Waals surface area contributed by atoms with Crippen molar-refractivity contribution in [2.24, 2.45) is 5.92 Å². The molecule has 0 saturated heterocycles. The first kappa shape index (κ1) is 20.1. The summed E-state index contributed by atoms with van der Waals surface area (Å²) >= 11 is 0. The molecule has 1 rings (SSSR count). The lowest BCUT2D eigenvalue weighted by atomic mass is 10.2. The molecule has 0 aliphatic heterocycles. The van der Waals surface area contributed by atoms with Crippen molar-refractivity contribution in [1.29, 1.82) is 0 Å².